The van der Waals surface area contributed by atoms with Crippen LogP contribution >= 0.6 is 0 Å². The van der Waals surface area contributed by atoms with Crippen molar-refractivity contribution in [3.05, 3.63) is 34.9 Å². The Balaban J connectivity index is 2.00. The lowest BCUT2D eigenvalue weighted by Crippen LogP contribution is -2.39. The van der Waals surface area contributed by atoms with Gasteiger partial charge in [0.15, 0.2) is 0 Å². The molecule has 1 aliphatic rings. The Bertz CT molecular complexity index is 402. The molecule has 3 atom stereocenters. The van der Waals surface area contributed by atoms with Gasteiger partial charge < -0.3 is 10.1 Å². The quantitative estimate of drug-likeness (QED) is 0.882. The van der Waals surface area contributed by atoms with E-state index in [-0.39, 0.29) is 0 Å². The lowest BCUT2D eigenvalue weighted by Gasteiger charge is -2.31. The van der Waals surface area contributed by atoms with Crippen molar-refractivity contribution in [3.63, 3.8) is 0 Å². The monoisotopic (exact) mass is 247 g/mol. The highest BCUT2D eigenvalue weighted by atomic mass is 16.5. The van der Waals surface area contributed by atoms with Crippen LogP contribution in [-0.2, 0) is 4.74 Å². The van der Waals surface area contributed by atoms with Crippen molar-refractivity contribution in [2.45, 2.75) is 58.7 Å². The van der Waals surface area contributed by atoms with E-state index in [2.05, 4.69) is 51.2 Å². The van der Waals surface area contributed by atoms with Crippen LogP contribution in [0.15, 0.2) is 18.2 Å². The molecule has 1 heterocycles. The first-order valence-electron chi connectivity index (χ1n) is 7.01. The number of hydrogen-bond donors (Lipinski definition) is 1. The number of ether oxygens (including phenoxy) is 1. The Kier molecular flexibility index (Phi) is 4.41. The molecule has 3 unspecified atom stereocenters. The summed E-state index contributed by atoms with van der Waals surface area (Å²) in [6.07, 6.45) is 2.64. The Labute approximate surface area is 111 Å². The van der Waals surface area contributed by atoms with E-state index in [4.69, 9.17) is 4.74 Å². The molecule has 0 radical (unpaired) electrons. The van der Waals surface area contributed by atoms with Crippen LogP contribution in [0.3, 0.4) is 0 Å². The fourth-order valence-electron chi connectivity index (χ4n) is 2.90. The normalized spacial score (nSPS) is 26.0. The van der Waals surface area contributed by atoms with E-state index in [0.29, 0.717) is 18.2 Å². The summed E-state index contributed by atoms with van der Waals surface area (Å²) in [7, 11) is 0. The van der Waals surface area contributed by atoms with Gasteiger partial charge in [0.25, 0.3) is 0 Å². The SMILES string of the molecule is Cc1ccc(C(C)NC2CCOC(C)C2)c(C)c1. The molecule has 1 N–H and O–H groups in total. The van der Waals surface area contributed by atoms with Gasteiger partial charge in [-0.05, 0) is 51.7 Å². The Morgan fingerprint density at radius 2 is 2.11 bits per heavy atom. The maximum atomic E-state index is 5.59. The molecule has 0 aliphatic carbocycles. The highest BCUT2D eigenvalue weighted by Gasteiger charge is 2.21. The fraction of sp³-hybridized carbons (Fsp3) is 0.625. The number of nitrogens with one attached hydrogen (secondary N) is 1. The van der Waals surface area contributed by atoms with Crippen LogP contribution in [0.4, 0.5) is 0 Å². The van der Waals surface area contributed by atoms with Gasteiger partial charge in [0.1, 0.15) is 0 Å². The molecular weight excluding hydrogens is 222 g/mol. The minimum absolute atomic E-state index is 0.391. The molecule has 2 rings (SSSR count). The van der Waals surface area contributed by atoms with E-state index >= 15 is 0 Å². The predicted octanol–water partition coefficient (Wildman–Crippen LogP) is 3.52. The second kappa shape index (κ2) is 5.85. The fourth-order valence-corrected chi connectivity index (χ4v) is 2.90. The number of benzene rings is 1. The predicted molar refractivity (Wildman–Crippen MR) is 75.9 cm³/mol. The summed E-state index contributed by atoms with van der Waals surface area (Å²) in [5.74, 6) is 0. The molecule has 100 valence electrons. The Hall–Kier alpha value is -0.860. The van der Waals surface area contributed by atoms with Crippen LogP contribution in [0.2, 0.25) is 0 Å². The second-order valence-corrected chi connectivity index (χ2v) is 5.65. The molecule has 1 aromatic rings. The van der Waals surface area contributed by atoms with E-state index in [1.165, 1.54) is 16.7 Å². The third-order valence-corrected chi connectivity index (χ3v) is 3.86. The average Bonchev–Trinajstić information content (AvgIpc) is 2.28. The van der Waals surface area contributed by atoms with Gasteiger partial charge in [-0.1, -0.05) is 23.8 Å². The van der Waals surface area contributed by atoms with Crippen molar-refractivity contribution in [3.8, 4) is 0 Å². The Morgan fingerprint density at radius 3 is 2.78 bits per heavy atom. The van der Waals surface area contributed by atoms with E-state index in [1.807, 2.05) is 0 Å². The summed E-state index contributed by atoms with van der Waals surface area (Å²) >= 11 is 0. The molecule has 2 nitrogen and oxygen atoms in total. The third kappa shape index (κ3) is 3.33. The summed E-state index contributed by atoms with van der Waals surface area (Å²) in [5.41, 5.74) is 4.14. The summed E-state index contributed by atoms with van der Waals surface area (Å²) < 4.78 is 5.59. The van der Waals surface area contributed by atoms with Gasteiger partial charge in [0.2, 0.25) is 0 Å². The van der Waals surface area contributed by atoms with Gasteiger partial charge >= 0.3 is 0 Å². The van der Waals surface area contributed by atoms with Gasteiger partial charge in [-0.15, -0.1) is 0 Å². The van der Waals surface area contributed by atoms with Crippen molar-refractivity contribution < 1.29 is 4.74 Å². The minimum Gasteiger partial charge on any atom is -0.378 e. The molecule has 2 heteroatoms. The lowest BCUT2D eigenvalue weighted by molar-refractivity contribution is 0.0116. The summed E-state index contributed by atoms with van der Waals surface area (Å²) in [5, 5.41) is 3.75. The number of aryl methyl sites for hydroxylation is 2. The first-order valence-corrected chi connectivity index (χ1v) is 7.01. The topological polar surface area (TPSA) is 21.3 Å². The molecule has 1 aromatic carbocycles. The molecule has 0 amide bonds. The maximum Gasteiger partial charge on any atom is 0.0561 e. The van der Waals surface area contributed by atoms with E-state index in [1.54, 1.807) is 0 Å². The summed E-state index contributed by atoms with van der Waals surface area (Å²) in [6, 6.07) is 7.73. The average molecular weight is 247 g/mol. The van der Waals surface area contributed by atoms with Crippen LogP contribution in [0.5, 0.6) is 0 Å². The first-order chi connectivity index (χ1) is 8.56. The summed E-state index contributed by atoms with van der Waals surface area (Å²) in [6.45, 7) is 9.66. The van der Waals surface area contributed by atoms with Gasteiger partial charge in [0, 0.05) is 18.7 Å². The van der Waals surface area contributed by atoms with Crippen molar-refractivity contribution in [1.82, 2.24) is 5.32 Å². The van der Waals surface area contributed by atoms with Crippen molar-refractivity contribution in [2.75, 3.05) is 6.61 Å². The molecule has 1 aliphatic heterocycles. The van der Waals surface area contributed by atoms with Gasteiger partial charge in [-0.3, -0.25) is 0 Å². The number of hydrogen-bond acceptors (Lipinski definition) is 2. The zero-order valence-corrected chi connectivity index (χ0v) is 12.0. The van der Waals surface area contributed by atoms with Crippen LogP contribution in [0, 0.1) is 13.8 Å². The first kappa shape index (κ1) is 13.6. The molecule has 0 aromatic heterocycles. The van der Waals surface area contributed by atoms with Gasteiger partial charge in [0.05, 0.1) is 6.10 Å². The minimum atomic E-state index is 0.391. The lowest BCUT2D eigenvalue weighted by atomic mass is 9.97. The van der Waals surface area contributed by atoms with Crippen LogP contribution in [-0.4, -0.2) is 18.8 Å². The number of rotatable bonds is 3. The van der Waals surface area contributed by atoms with Crippen LogP contribution in [0.25, 0.3) is 0 Å². The second-order valence-electron chi connectivity index (χ2n) is 5.65. The van der Waals surface area contributed by atoms with Crippen LogP contribution in [0.1, 0.15) is 49.4 Å². The molecule has 0 spiro atoms. The standard InChI is InChI=1S/C16H25NO/c1-11-5-6-16(12(2)9-11)14(4)17-15-7-8-18-13(3)10-15/h5-6,9,13-15,17H,7-8,10H2,1-4H3. The van der Waals surface area contributed by atoms with Crippen LogP contribution < -0.4 is 5.32 Å². The zero-order chi connectivity index (χ0) is 13.1. The Morgan fingerprint density at radius 1 is 1.33 bits per heavy atom. The molecule has 0 saturated carbocycles. The molecule has 0 bridgehead atoms. The van der Waals surface area contributed by atoms with E-state index in [9.17, 15) is 0 Å². The smallest absolute Gasteiger partial charge is 0.0561 e. The highest BCUT2D eigenvalue weighted by molar-refractivity contribution is 5.32. The molecule has 18 heavy (non-hydrogen) atoms. The van der Waals surface area contributed by atoms with Crippen molar-refractivity contribution in [2.24, 2.45) is 0 Å². The van der Waals surface area contributed by atoms with E-state index in [0.717, 1.165) is 19.4 Å². The largest absolute Gasteiger partial charge is 0.378 e. The van der Waals surface area contributed by atoms with Gasteiger partial charge in [-0.25, -0.2) is 0 Å². The molecule has 1 saturated heterocycles. The van der Waals surface area contributed by atoms with Gasteiger partial charge in [-0.2, -0.15) is 0 Å². The van der Waals surface area contributed by atoms with Crippen molar-refractivity contribution in [1.29, 1.82) is 0 Å². The summed E-state index contributed by atoms with van der Waals surface area (Å²) in [4.78, 5) is 0. The molecular formula is C16H25NO. The maximum absolute atomic E-state index is 5.59. The molecule has 1 fully saturated rings. The zero-order valence-electron chi connectivity index (χ0n) is 12.0. The van der Waals surface area contributed by atoms with E-state index < -0.39 is 0 Å². The highest BCUT2D eigenvalue weighted by Crippen LogP contribution is 2.22. The third-order valence-electron chi connectivity index (χ3n) is 3.86. The van der Waals surface area contributed by atoms with Crippen molar-refractivity contribution >= 4 is 0 Å².